The molecule has 0 bridgehead atoms. The Morgan fingerprint density at radius 2 is 2.00 bits per heavy atom. The molecule has 0 atom stereocenters. The fourth-order valence-electron chi connectivity index (χ4n) is 1.59. The molecule has 8 heteroatoms. The highest BCUT2D eigenvalue weighted by atomic mass is 35.5. The third-order valence-corrected chi connectivity index (χ3v) is 3.08. The van der Waals surface area contributed by atoms with Crippen LogP contribution < -0.4 is 10.1 Å². The number of nitrogens with one attached hydrogen (secondary N) is 1. The Balaban J connectivity index is 2.39. The molecule has 1 fully saturated rings. The Hall–Kier alpha value is -1.52. The average molecular weight is 295 g/mol. The third-order valence-electron chi connectivity index (χ3n) is 2.79. The molecule has 3 nitrogen and oxygen atoms in total. The van der Waals surface area contributed by atoms with E-state index in [9.17, 15) is 17.6 Å². The second kappa shape index (κ2) is 4.54. The fourth-order valence-corrected chi connectivity index (χ4v) is 1.75. The van der Waals surface area contributed by atoms with Crippen LogP contribution in [-0.4, -0.2) is 24.9 Å². The molecular weight excluding hydrogens is 288 g/mol. The average Bonchev–Trinajstić information content (AvgIpc) is 2.25. The number of hydrogen-bond acceptors (Lipinski definition) is 3. The molecule has 1 aromatic carbocycles. The van der Waals surface area contributed by atoms with E-state index in [4.69, 9.17) is 21.6 Å². The van der Waals surface area contributed by atoms with Crippen molar-refractivity contribution in [2.45, 2.75) is 11.8 Å². The number of nitrogens with zero attached hydrogens (tertiary/aromatic N) is 1. The van der Waals surface area contributed by atoms with E-state index in [1.54, 1.807) is 6.07 Å². The fraction of sp³-hybridized carbons (Fsp3) is 0.364. The highest BCUT2D eigenvalue weighted by molar-refractivity contribution is 6.30. The summed E-state index contributed by atoms with van der Waals surface area (Å²) in [5.41, 5.74) is -2.74. The summed E-state index contributed by atoms with van der Waals surface area (Å²) in [4.78, 5) is 0. The molecule has 1 aromatic rings. The molecule has 0 spiro atoms. The molecule has 0 amide bonds. The molecule has 2 rings (SSSR count). The Morgan fingerprint density at radius 1 is 1.37 bits per heavy atom. The lowest BCUT2D eigenvalue weighted by Crippen LogP contribution is -2.71. The largest absolute Gasteiger partial charge is 0.474 e. The molecule has 1 saturated heterocycles. The van der Waals surface area contributed by atoms with Gasteiger partial charge in [-0.3, -0.25) is 0 Å². The highest BCUT2D eigenvalue weighted by Gasteiger charge is 2.61. The summed E-state index contributed by atoms with van der Waals surface area (Å²) in [6.45, 7) is -0.868. The van der Waals surface area contributed by atoms with Crippen LogP contribution in [0.4, 0.5) is 17.6 Å². The van der Waals surface area contributed by atoms with Crippen molar-refractivity contribution in [1.29, 1.82) is 5.26 Å². The SMILES string of the molecule is N#Cc1cc(F)c(Cl)cc1OC1(C(F)(F)F)CNC1. The lowest BCUT2D eigenvalue weighted by molar-refractivity contribution is -0.263. The Morgan fingerprint density at radius 3 is 2.42 bits per heavy atom. The van der Waals surface area contributed by atoms with Crippen LogP contribution in [-0.2, 0) is 0 Å². The van der Waals surface area contributed by atoms with Crippen LogP contribution in [0.25, 0.3) is 0 Å². The van der Waals surface area contributed by atoms with Crippen LogP contribution in [0.15, 0.2) is 12.1 Å². The van der Waals surface area contributed by atoms with Crippen LogP contribution >= 0.6 is 11.6 Å². The molecule has 1 N–H and O–H groups in total. The lowest BCUT2D eigenvalue weighted by atomic mass is 9.96. The molecule has 1 heterocycles. The Bertz CT molecular complexity index is 549. The zero-order chi connectivity index (χ0) is 14.3. The van der Waals surface area contributed by atoms with Gasteiger partial charge in [-0.25, -0.2) is 4.39 Å². The number of nitriles is 1. The van der Waals surface area contributed by atoms with E-state index in [0.29, 0.717) is 0 Å². The summed E-state index contributed by atoms with van der Waals surface area (Å²) < 4.78 is 56.7. The van der Waals surface area contributed by atoms with Gasteiger partial charge in [-0.1, -0.05) is 11.6 Å². The van der Waals surface area contributed by atoms with Crippen molar-refractivity contribution >= 4 is 11.6 Å². The van der Waals surface area contributed by atoms with Crippen molar-refractivity contribution in [2.24, 2.45) is 0 Å². The van der Waals surface area contributed by atoms with E-state index in [1.165, 1.54) is 0 Å². The normalized spacial score (nSPS) is 17.5. The molecule has 1 aliphatic rings. The van der Waals surface area contributed by atoms with Crippen molar-refractivity contribution in [3.8, 4) is 11.8 Å². The standard InChI is InChI=1S/C11H7ClF4N2O/c12-7-2-9(6(3-17)1-8(7)13)19-10(4-18-5-10)11(14,15)16/h1-2,18H,4-5H2. The van der Waals surface area contributed by atoms with Crippen molar-refractivity contribution in [1.82, 2.24) is 5.32 Å². The maximum atomic E-state index is 13.1. The minimum atomic E-state index is -4.61. The monoisotopic (exact) mass is 294 g/mol. The second-order valence-corrected chi connectivity index (χ2v) is 4.48. The van der Waals surface area contributed by atoms with Crippen LogP contribution in [0.1, 0.15) is 5.56 Å². The van der Waals surface area contributed by atoms with Gasteiger partial charge >= 0.3 is 6.18 Å². The van der Waals surface area contributed by atoms with E-state index in [-0.39, 0.29) is 11.3 Å². The van der Waals surface area contributed by atoms with E-state index in [2.05, 4.69) is 5.32 Å². The van der Waals surface area contributed by atoms with Gasteiger partial charge in [0.25, 0.3) is 0 Å². The van der Waals surface area contributed by atoms with Crippen LogP contribution in [0.2, 0.25) is 5.02 Å². The first-order valence-corrected chi connectivity index (χ1v) is 5.52. The van der Waals surface area contributed by atoms with Crippen LogP contribution in [0, 0.1) is 17.1 Å². The summed E-state index contributed by atoms with van der Waals surface area (Å²) in [6.07, 6.45) is -4.61. The number of ether oxygens (including phenoxy) is 1. The minimum absolute atomic E-state index is 0.336. The van der Waals surface area contributed by atoms with Gasteiger partial charge in [0.15, 0.2) is 0 Å². The molecule has 1 aliphatic heterocycles. The summed E-state index contributed by atoms with van der Waals surface area (Å²) in [6, 6.07) is 3.19. The summed E-state index contributed by atoms with van der Waals surface area (Å²) in [7, 11) is 0. The Kier molecular flexibility index (Phi) is 3.32. The quantitative estimate of drug-likeness (QED) is 0.853. The third kappa shape index (κ3) is 2.33. The van der Waals surface area contributed by atoms with Gasteiger partial charge in [0, 0.05) is 19.2 Å². The van der Waals surface area contributed by atoms with Gasteiger partial charge in [0.1, 0.15) is 17.6 Å². The Labute approximate surface area is 110 Å². The predicted octanol–water partition coefficient (Wildman–Crippen LogP) is 2.63. The van der Waals surface area contributed by atoms with Gasteiger partial charge in [-0.05, 0) is 6.07 Å². The molecule has 0 aromatic heterocycles. The van der Waals surface area contributed by atoms with Gasteiger partial charge in [0.2, 0.25) is 5.60 Å². The molecule has 0 aliphatic carbocycles. The molecular formula is C11H7ClF4N2O. The maximum absolute atomic E-state index is 13.1. The van der Waals surface area contributed by atoms with Crippen molar-refractivity contribution in [2.75, 3.05) is 13.1 Å². The molecule has 0 radical (unpaired) electrons. The van der Waals surface area contributed by atoms with E-state index in [0.717, 1.165) is 12.1 Å². The predicted molar refractivity (Wildman–Crippen MR) is 58.4 cm³/mol. The van der Waals surface area contributed by atoms with Crippen LogP contribution in [0.5, 0.6) is 5.75 Å². The van der Waals surface area contributed by atoms with Crippen molar-refractivity contribution in [3.05, 3.63) is 28.5 Å². The first-order valence-electron chi connectivity index (χ1n) is 5.15. The summed E-state index contributed by atoms with van der Waals surface area (Å²) in [5, 5.41) is 10.8. The van der Waals surface area contributed by atoms with E-state index < -0.39 is 35.7 Å². The summed E-state index contributed by atoms with van der Waals surface area (Å²) >= 11 is 5.49. The van der Waals surface area contributed by atoms with Crippen molar-refractivity contribution in [3.63, 3.8) is 0 Å². The van der Waals surface area contributed by atoms with Crippen molar-refractivity contribution < 1.29 is 22.3 Å². The van der Waals surface area contributed by atoms with E-state index >= 15 is 0 Å². The zero-order valence-electron chi connectivity index (χ0n) is 9.31. The number of alkyl halides is 3. The van der Waals surface area contributed by atoms with Gasteiger partial charge < -0.3 is 10.1 Å². The lowest BCUT2D eigenvalue weighted by Gasteiger charge is -2.43. The second-order valence-electron chi connectivity index (χ2n) is 4.07. The molecule has 0 unspecified atom stereocenters. The summed E-state index contributed by atoms with van der Waals surface area (Å²) in [5.74, 6) is -1.27. The van der Waals surface area contributed by atoms with Gasteiger partial charge in [-0.15, -0.1) is 0 Å². The number of rotatable bonds is 2. The van der Waals surface area contributed by atoms with E-state index in [1.807, 2.05) is 0 Å². The number of benzene rings is 1. The zero-order valence-corrected chi connectivity index (χ0v) is 10.1. The molecule has 0 saturated carbocycles. The molecule has 102 valence electrons. The first kappa shape index (κ1) is 13.9. The van der Waals surface area contributed by atoms with Crippen LogP contribution in [0.3, 0.4) is 0 Å². The smallest absolute Gasteiger partial charge is 0.430 e. The molecule has 19 heavy (non-hydrogen) atoms. The van der Waals surface area contributed by atoms with Gasteiger partial charge in [0.05, 0.1) is 10.6 Å². The minimum Gasteiger partial charge on any atom is -0.474 e. The topological polar surface area (TPSA) is 45.0 Å². The highest BCUT2D eigenvalue weighted by Crippen LogP contribution is 2.39. The number of hydrogen-bond donors (Lipinski definition) is 1. The van der Waals surface area contributed by atoms with Gasteiger partial charge in [-0.2, -0.15) is 18.4 Å². The number of halogens is 5. The maximum Gasteiger partial charge on any atom is 0.430 e. The first-order chi connectivity index (χ1) is 8.79.